The molecule has 12 nitrogen and oxygen atoms in total. The van der Waals surface area contributed by atoms with Crippen LogP contribution in [0.15, 0.2) is 40.1 Å². The Morgan fingerprint density at radius 2 is 1.97 bits per heavy atom. The summed E-state index contributed by atoms with van der Waals surface area (Å²) < 4.78 is 17.1. The number of hydrazone groups is 1. The second-order valence-corrected chi connectivity index (χ2v) is 8.22. The lowest BCUT2D eigenvalue weighted by Crippen LogP contribution is -2.22. The summed E-state index contributed by atoms with van der Waals surface area (Å²) in [5, 5.41) is 19.7. The summed E-state index contributed by atoms with van der Waals surface area (Å²) in [4.78, 5) is 12.8. The molecule has 0 aliphatic heterocycles. The Bertz CT molecular complexity index is 1420. The van der Waals surface area contributed by atoms with E-state index in [2.05, 4.69) is 35.8 Å². The highest BCUT2D eigenvalue weighted by atomic mass is 35.5. The molecule has 0 spiro atoms. The van der Waals surface area contributed by atoms with Gasteiger partial charge in [-0.3, -0.25) is 4.79 Å². The Labute approximate surface area is 211 Å². The number of rotatable bonds is 8. The maximum atomic E-state index is 12.8. The minimum atomic E-state index is -0.568. The molecule has 0 atom stereocenters. The average molecular weight is 511 g/mol. The van der Waals surface area contributed by atoms with Gasteiger partial charge in [0, 0.05) is 10.6 Å². The zero-order valence-electron chi connectivity index (χ0n) is 19.9. The number of halogens is 1. The molecule has 0 radical (unpaired) electrons. The van der Waals surface area contributed by atoms with E-state index in [1.807, 2.05) is 32.0 Å². The van der Waals surface area contributed by atoms with Crippen molar-refractivity contribution < 1.29 is 18.9 Å². The molecule has 0 unspecified atom stereocenters. The summed E-state index contributed by atoms with van der Waals surface area (Å²) >= 11 is 6.24. The van der Waals surface area contributed by atoms with Gasteiger partial charge in [-0.1, -0.05) is 16.8 Å². The highest BCUT2D eigenvalue weighted by molar-refractivity contribution is 6.32. The number of nitrogens with one attached hydrogen (secondary N) is 1. The molecule has 13 heteroatoms. The predicted molar refractivity (Wildman–Crippen MR) is 132 cm³/mol. The number of hydrogen-bond donors (Lipinski definition) is 2. The number of nitrogens with two attached hydrogens (primary N) is 1. The summed E-state index contributed by atoms with van der Waals surface area (Å²) in [6, 6.07) is 9.21. The van der Waals surface area contributed by atoms with Gasteiger partial charge in [-0.25, -0.2) is 10.1 Å². The van der Waals surface area contributed by atoms with Crippen molar-refractivity contribution in [2.75, 3.05) is 12.8 Å². The third kappa shape index (κ3) is 5.13. The zero-order valence-corrected chi connectivity index (χ0v) is 20.7. The third-order valence-electron chi connectivity index (χ3n) is 5.24. The normalized spacial score (nSPS) is 11.1. The van der Waals surface area contributed by atoms with E-state index in [-0.39, 0.29) is 23.9 Å². The molecular formula is C23H23ClN8O4. The van der Waals surface area contributed by atoms with Crippen LogP contribution in [0.3, 0.4) is 0 Å². The lowest BCUT2D eigenvalue weighted by Gasteiger charge is -2.13. The number of benzene rings is 2. The quantitative estimate of drug-likeness (QED) is 0.268. The van der Waals surface area contributed by atoms with Crippen molar-refractivity contribution in [3.8, 4) is 17.3 Å². The van der Waals surface area contributed by atoms with Crippen molar-refractivity contribution in [2.45, 2.75) is 27.4 Å². The number of ether oxygens (including phenoxy) is 2. The molecule has 3 N–H and O–H groups in total. The standard InChI is InChI=1S/C23H23ClN8O4/c1-12-7-17(8-13(2)19(12)24)35-11-16-9-15(5-6-18(16)34-4)10-26-28-23(33)20-14(3)27-31-32(20)22-21(25)29-36-30-22/h5-10H,11H2,1-4H3,(H2,25,29)(H,28,33). The van der Waals surface area contributed by atoms with Crippen LogP contribution in [0.25, 0.3) is 5.82 Å². The lowest BCUT2D eigenvalue weighted by atomic mass is 10.1. The summed E-state index contributed by atoms with van der Waals surface area (Å²) in [6.07, 6.45) is 1.49. The first-order chi connectivity index (χ1) is 17.3. The van der Waals surface area contributed by atoms with Crippen LogP contribution >= 0.6 is 11.6 Å². The number of hydrogen-bond acceptors (Lipinski definition) is 10. The topological polar surface area (TPSA) is 156 Å². The van der Waals surface area contributed by atoms with Crippen LogP contribution in [-0.2, 0) is 6.61 Å². The van der Waals surface area contributed by atoms with Crippen LogP contribution < -0.4 is 20.6 Å². The number of aromatic nitrogens is 5. The molecule has 0 aliphatic carbocycles. The monoisotopic (exact) mass is 510 g/mol. The summed E-state index contributed by atoms with van der Waals surface area (Å²) in [6.45, 7) is 5.73. The van der Waals surface area contributed by atoms with Gasteiger partial charge in [0.15, 0.2) is 5.69 Å². The molecular weight excluding hydrogens is 488 g/mol. The molecule has 4 aromatic rings. The van der Waals surface area contributed by atoms with Gasteiger partial charge in [0.2, 0.25) is 11.6 Å². The number of amides is 1. The van der Waals surface area contributed by atoms with Crippen LogP contribution in [-0.4, -0.2) is 44.5 Å². The van der Waals surface area contributed by atoms with E-state index in [4.69, 9.17) is 26.8 Å². The van der Waals surface area contributed by atoms with Crippen molar-refractivity contribution in [3.05, 3.63) is 69.0 Å². The van der Waals surface area contributed by atoms with Gasteiger partial charge < -0.3 is 15.2 Å². The summed E-state index contributed by atoms with van der Waals surface area (Å²) in [7, 11) is 1.58. The van der Waals surface area contributed by atoms with Crippen LogP contribution in [0, 0.1) is 20.8 Å². The first-order valence-electron chi connectivity index (χ1n) is 10.7. The van der Waals surface area contributed by atoms with Crippen LogP contribution in [0.1, 0.15) is 38.4 Å². The molecule has 0 fully saturated rings. The Morgan fingerprint density at radius 1 is 1.22 bits per heavy atom. The number of aryl methyl sites for hydroxylation is 3. The van der Waals surface area contributed by atoms with Crippen LogP contribution in [0.4, 0.5) is 5.82 Å². The Morgan fingerprint density at radius 3 is 2.64 bits per heavy atom. The molecule has 36 heavy (non-hydrogen) atoms. The largest absolute Gasteiger partial charge is 0.496 e. The molecule has 1 amide bonds. The number of anilines is 1. The molecule has 186 valence electrons. The smallest absolute Gasteiger partial charge is 0.292 e. The Balaban J connectivity index is 1.48. The SMILES string of the molecule is COc1ccc(C=NNC(=O)c2c(C)nnn2-c2nonc2N)cc1COc1cc(C)c(Cl)c(C)c1. The third-order valence-corrected chi connectivity index (χ3v) is 5.83. The van der Waals surface area contributed by atoms with Gasteiger partial charge >= 0.3 is 0 Å². The number of nitrogens with zero attached hydrogens (tertiary/aromatic N) is 6. The molecule has 0 saturated heterocycles. The van der Waals surface area contributed by atoms with Gasteiger partial charge in [-0.2, -0.15) is 9.78 Å². The number of carbonyl (C=O) groups is 1. The van der Waals surface area contributed by atoms with E-state index < -0.39 is 5.91 Å². The van der Waals surface area contributed by atoms with Gasteiger partial charge in [-0.15, -0.1) is 5.10 Å². The van der Waals surface area contributed by atoms with E-state index in [0.29, 0.717) is 22.8 Å². The van der Waals surface area contributed by atoms with Gasteiger partial charge in [0.25, 0.3) is 5.91 Å². The van der Waals surface area contributed by atoms with Crippen molar-refractivity contribution in [1.29, 1.82) is 0 Å². The minimum Gasteiger partial charge on any atom is -0.496 e. The van der Waals surface area contributed by atoms with Crippen molar-refractivity contribution in [2.24, 2.45) is 5.10 Å². The second kappa shape index (κ2) is 10.4. The second-order valence-electron chi connectivity index (χ2n) is 7.84. The van der Waals surface area contributed by atoms with E-state index in [9.17, 15) is 4.79 Å². The molecule has 0 aliphatic rings. The highest BCUT2D eigenvalue weighted by Crippen LogP contribution is 2.27. The van der Waals surface area contributed by atoms with E-state index in [0.717, 1.165) is 26.4 Å². The highest BCUT2D eigenvalue weighted by Gasteiger charge is 2.22. The molecule has 2 aromatic carbocycles. The van der Waals surface area contributed by atoms with E-state index >= 15 is 0 Å². The lowest BCUT2D eigenvalue weighted by molar-refractivity contribution is 0.0946. The maximum absolute atomic E-state index is 12.8. The number of methoxy groups -OCH3 is 1. The van der Waals surface area contributed by atoms with Gasteiger partial charge in [0.05, 0.1) is 19.0 Å². The van der Waals surface area contributed by atoms with Crippen LogP contribution in [0.2, 0.25) is 5.02 Å². The van der Waals surface area contributed by atoms with Gasteiger partial charge in [-0.05, 0) is 78.1 Å². The Kier molecular flexibility index (Phi) is 7.15. The average Bonchev–Trinajstić information content (AvgIpc) is 3.45. The van der Waals surface area contributed by atoms with Crippen LogP contribution in [0.5, 0.6) is 11.5 Å². The molecule has 0 bridgehead atoms. The molecule has 2 heterocycles. The molecule has 4 rings (SSSR count). The number of nitrogen functional groups attached to an aromatic ring is 1. The molecule has 0 saturated carbocycles. The first-order valence-corrected chi connectivity index (χ1v) is 11.1. The Hall–Kier alpha value is -4.45. The fraction of sp³-hybridized carbons (Fsp3) is 0.217. The number of carbonyl (C=O) groups excluding carboxylic acids is 1. The van der Waals surface area contributed by atoms with E-state index in [1.54, 1.807) is 26.2 Å². The van der Waals surface area contributed by atoms with Gasteiger partial charge in [0.1, 0.15) is 18.1 Å². The minimum absolute atomic E-state index is 0.0330. The summed E-state index contributed by atoms with van der Waals surface area (Å²) in [5.41, 5.74) is 12.0. The fourth-order valence-corrected chi connectivity index (χ4v) is 3.57. The van der Waals surface area contributed by atoms with E-state index in [1.165, 1.54) is 6.21 Å². The van der Waals surface area contributed by atoms with Crippen molar-refractivity contribution in [1.82, 2.24) is 30.7 Å². The predicted octanol–water partition coefficient (Wildman–Crippen LogP) is 3.16. The summed E-state index contributed by atoms with van der Waals surface area (Å²) in [5.74, 6) is 0.806. The van der Waals surface area contributed by atoms with Crippen molar-refractivity contribution >= 4 is 29.5 Å². The zero-order chi connectivity index (χ0) is 25.8. The maximum Gasteiger partial charge on any atom is 0.292 e. The fourth-order valence-electron chi connectivity index (χ4n) is 3.46. The molecule has 2 aromatic heterocycles. The first kappa shape index (κ1) is 24.7. The van der Waals surface area contributed by atoms with Crippen molar-refractivity contribution in [3.63, 3.8) is 0 Å².